The Hall–Kier alpha value is -3.62. The summed E-state index contributed by atoms with van der Waals surface area (Å²) in [5.41, 5.74) is 2.16. The Morgan fingerprint density at radius 1 is 1.03 bits per heavy atom. The molecule has 0 aliphatic rings. The van der Waals surface area contributed by atoms with E-state index in [0.717, 1.165) is 11.1 Å². The summed E-state index contributed by atoms with van der Waals surface area (Å²) in [4.78, 5) is 11.9. The van der Waals surface area contributed by atoms with Crippen LogP contribution in [0.15, 0.2) is 67.0 Å². The fourth-order valence-electron chi connectivity index (χ4n) is 2.96. The lowest BCUT2D eigenvalue weighted by Gasteiger charge is -2.08. The van der Waals surface area contributed by atoms with E-state index in [2.05, 4.69) is 5.10 Å². The topological polar surface area (TPSA) is 51.3 Å². The molecule has 29 heavy (non-hydrogen) atoms. The van der Waals surface area contributed by atoms with Gasteiger partial charge < -0.3 is 9.72 Å². The van der Waals surface area contributed by atoms with E-state index in [9.17, 15) is 22.4 Å². The monoisotopic (exact) mass is 402 g/mol. The Balaban J connectivity index is 1.65. The lowest BCUT2D eigenvalue weighted by Crippen LogP contribution is -2.34. The van der Waals surface area contributed by atoms with Crippen LogP contribution in [0, 0.1) is 5.82 Å². The zero-order valence-corrected chi connectivity index (χ0v) is 14.8. The molecular formula is C20H14F4N4O. The van der Waals surface area contributed by atoms with Crippen molar-refractivity contribution < 1.29 is 22.4 Å². The van der Waals surface area contributed by atoms with Gasteiger partial charge in [0.1, 0.15) is 18.2 Å². The summed E-state index contributed by atoms with van der Waals surface area (Å²) >= 11 is 0. The molecule has 0 radical (unpaired) electrons. The molecule has 3 aromatic heterocycles. The van der Waals surface area contributed by atoms with Gasteiger partial charge in [0.2, 0.25) is 0 Å². The van der Waals surface area contributed by atoms with E-state index in [1.807, 2.05) is 18.2 Å². The summed E-state index contributed by atoms with van der Waals surface area (Å²) in [6.07, 6.45) is -1.22. The first-order valence-electron chi connectivity index (χ1n) is 8.58. The minimum atomic E-state index is -4.50. The zero-order valence-electron chi connectivity index (χ0n) is 14.8. The van der Waals surface area contributed by atoms with E-state index in [4.69, 9.17) is 0 Å². The predicted molar refractivity (Wildman–Crippen MR) is 98.3 cm³/mol. The Morgan fingerprint density at radius 2 is 1.83 bits per heavy atom. The second-order valence-corrected chi connectivity index (χ2v) is 6.36. The second kappa shape index (κ2) is 7.08. The van der Waals surface area contributed by atoms with Gasteiger partial charge in [0, 0.05) is 17.9 Å². The number of halogens is 4. The van der Waals surface area contributed by atoms with Gasteiger partial charge >= 0.3 is 6.18 Å². The summed E-state index contributed by atoms with van der Waals surface area (Å²) < 4.78 is 53.5. The molecule has 0 saturated heterocycles. The average molecular weight is 402 g/mol. The summed E-state index contributed by atoms with van der Waals surface area (Å²) in [6.45, 7) is -1.43. The minimum Gasteiger partial charge on any atom is -0.342 e. The summed E-state index contributed by atoms with van der Waals surface area (Å²) in [6, 6.07) is 14.8. The van der Waals surface area contributed by atoms with Crippen molar-refractivity contribution >= 4 is 11.4 Å². The largest absolute Gasteiger partial charge is 0.405 e. The van der Waals surface area contributed by atoms with Crippen LogP contribution >= 0.6 is 0 Å². The molecule has 4 rings (SSSR count). The van der Waals surface area contributed by atoms with Crippen molar-refractivity contribution in [1.82, 2.24) is 19.5 Å². The van der Waals surface area contributed by atoms with Crippen molar-refractivity contribution in [2.24, 2.45) is 0 Å². The number of carbonyl (C=O) groups excluding carboxylic acids is 1. The van der Waals surface area contributed by atoms with Gasteiger partial charge in [-0.1, -0.05) is 18.2 Å². The van der Waals surface area contributed by atoms with Crippen LogP contribution in [0.3, 0.4) is 0 Å². The SMILES string of the molecule is O=C(NCC(F)(F)F)c1ccn(-c2ccc3ccc(-c4cccc(F)c4)cn23)n1. The maximum atomic E-state index is 13.5. The van der Waals surface area contributed by atoms with Crippen molar-refractivity contribution in [2.75, 3.05) is 6.54 Å². The van der Waals surface area contributed by atoms with Crippen molar-refractivity contribution in [1.29, 1.82) is 0 Å². The molecule has 0 aliphatic heterocycles. The molecule has 0 bridgehead atoms. The van der Waals surface area contributed by atoms with Crippen LogP contribution < -0.4 is 5.32 Å². The van der Waals surface area contributed by atoms with Crippen LogP contribution in [-0.2, 0) is 0 Å². The fourth-order valence-corrected chi connectivity index (χ4v) is 2.96. The molecule has 0 aliphatic carbocycles. The third kappa shape index (κ3) is 3.98. The molecule has 1 N–H and O–H groups in total. The maximum absolute atomic E-state index is 13.5. The molecule has 4 aromatic rings. The number of amides is 1. The third-order valence-corrected chi connectivity index (χ3v) is 4.29. The molecule has 0 spiro atoms. The molecule has 0 fully saturated rings. The molecule has 1 amide bonds. The van der Waals surface area contributed by atoms with Gasteiger partial charge in [-0.05, 0) is 47.5 Å². The van der Waals surface area contributed by atoms with E-state index in [1.54, 1.807) is 34.1 Å². The molecule has 9 heteroatoms. The van der Waals surface area contributed by atoms with E-state index < -0.39 is 18.6 Å². The van der Waals surface area contributed by atoms with Crippen molar-refractivity contribution in [3.05, 3.63) is 78.5 Å². The number of rotatable bonds is 4. The summed E-state index contributed by atoms with van der Waals surface area (Å²) in [5.74, 6) is -0.688. The highest BCUT2D eigenvalue weighted by molar-refractivity contribution is 5.92. The van der Waals surface area contributed by atoms with Crippen LogP contribution in [0.2, 0.25) is 0 Å². The first kappa shape index (κ1) is 18.7. The lowest BCUT2D eigenvalue weighted by molar-refractivity contribution is -0.123. The van der Waals surface area contributed by atoms with Crippen LogP contribution in [-0.4, -0.2) is 32.8 Å². The zero-order chi connectivity index (χ0) is 20.6. The number of aromatic nitrogens is 3. The molecule has 5 nitrogen and oxygen atoms in total. The molecular weight excluding hydrogens is 388 g/mol. The summed E-state index contributed by atoms with van der Waals surface area (Å²) in [7, 11) is 0. The van der Waals surface area contributed by atoms with Gasteiger partial charge in [-0.2, -0.15) is 18.3 Å². The molecule has 1 aromatic carbocycles. The number of hydrogen-bond donors (Lipinski definition) is 1. The average Bonchev–Trinajstić information content (AvgIpc) is 3.32. The number of benzene rings is 1. The predicted octanol–water partition coefficient (Wildman–Crippen LogP) is 4.22. The first-order valence-corrected chi connectivity index (χ1v) is 8.58. The fraction of sp³-hybridized carbons (Fsp3) is 0.100. The highest BCUT2D eigenvalue weighted by Gasteiger charge is 2.28. The lowest BCUT2D eigenvalue weighted by atomic mass is 10.1. The Morgan fingerprint density at radius 3 is 2.59 bits per heavy atom. The minimum absolute atomic E-state index is 0.134. The second-order valence-electron chi connectivity index (χ2n) is 6.36. The number of pyridine rings is 1. The number of nitrogens with zero attached hydrogens (tertiary/aromatic N) is 3. The third-order valence-electron chi connectivity index (χ3n) is 4.29. The Kier molecular flexibility index (Phi) is 4.57. The van der Waals surface area contributed by atoms with Crippen molar-refractivity contribution in [3.63, 3.8) is 0 Å². The van der Waals surface area contributed by atoms with Gasteiger partial charge in [0.05, 0.1) is 0 Å². The van der Waals surface area contributed by atoms with Gasteiger partial charge in [0.15, 0.2) is 5.69 Å². The standard InChI is InChI=1S/C20H14F4N4O/c21-15-3-1-2-13(10-15)14-4-5-16-6-7-18(27(16)11-14)28-9-8-17(26-28)19(29)25-12-20(22,23)24/h1-11H,12H2,(H,25,29). The van der Waals surface area contributed by atoms with Crippen molar-refractivity contribution in [3.8, 4) is 16.9 Å². The van der Waals surface area contributed by atoms with Crippen LogP contribution in [0.25, 0.3) is 22.5 Å². The number of carbonyl (C=O) groups is 1. The number of hydrogen-bond acceptors (Lipinski definition) is 2. The number of fused-ring (bicyclic) bond motifs is 1. The van der Waals surface area contributed by atoms with E-state index >= 15 is 0 Å². The van der Waals surface area contributed by atoms with Crippen molar-refractivity contribution in [2.45, 2.75) is 6.18 Å². The highest BCUT2D eigenvalue weighted by Crippen LogP contribution is 2.23. The number of alkyl halides is 3. The van der Waals surface area contributed by atoms with E-state index in [0.29, 0.717) is 11.4 Å². The number of nitrogens with one attached hydrogen (secondary N) is 1. The highest BCUT2D eigenvalue weighted by atomic mass is 19.4. The van der Waals surface area contributed by atoms with Gasteiger partial charge in [-0.25, -0.2) is 9.07 Å². The summed E-state index contributed by atoms with van der Waals surface area (Å²) in [5, 5.41) is 5.86. The first-order chi connectivity index (χ1) is 13.8. The Labute approximate surface area is 162 Å². The molecule has 0 saturated carbocycles. The Bertz CT molecular complexity index is 1190. The maximum Gasteiger partial charge on any atom is 0.405 e. The van der Waals surface area contributed by atoms with Crippen LogP contribution in [0.5, 0.6) is 0 Å². The normalized spacial score (nSPS) is 11.7. The smallest absolute Gasteiger partial charge is 0.342 e. The molecule has 0 unspecified atom stereocenters. The van der Waals surface area contributed by atoms with E-state index in [-0.39, 0.29) is 11.5 Å². The molecule has 3 heterocycles. The quantitative estimate of drug-likeness (QED) is 0.520. The van der Waals surface area contributed by atoms with Crippen LogP contribution in [0.1, 0.15) is 10.5 Å². The van der Waals surface area contributed by atoms with Crippen LogP contribution in [0.4, 0.5) is 17.6 Å². The van der Waals surface area contributed by atoms with Gasteiger partial charge in [0.25, 0.3) is 5.91 Å². The molecule has 148 valence electrons. The van der Waals surface area contributed by atoms with Gasteiger partial charge in [-0.15, -0.1) is 0 Å². The van der Waals surface area contributed by atoms with Gasteiger partial charge in [-0.3, -0.25) is 4.79 Å². The van der Waals surface area contributed by atoms with E-state index in [1.165, 1.54) is 29.1 Å². The molecule has 0 atom stereocenters.